The SMILES string of the molecule is CC(=O)c1cnoc1-c1ccc2c(c1)CCC(=O)N2C. The Hall–Kier alpha value is -2.43. The number of hydrogen-bond acceptors (Lipinski definition) is 4. The van der Waals surface area contributed by atoms with Gasteiger partial charge in [-0.1, -0.05) is 5.16 Å². The number of amides is 1. The van der Waals surface area contributed by atoms with Crippen LogP contribution >= 0.6 is 0 Å². The Kier molecular flexibility index (Phi) is 2.89. The summed E-state index contributed by atoms with van der Waals surface area (Å²) in [6, 6.07) is 5.69. The molecule has 0 aliphatic carbocycles. The Labute approximate surface area is 116 Å². The van der Waals surface area contributed by atoms with Crippen molar-refractivity contribution in [2.24, 2.45) is 0 Å². The van der Waals surface area contributed by atoms with Gasteiger partial charge in [0, 0.05) is 24.7 Å². The third-order valence-corrected chi connectivity index (χ3v) is 3.64. The number of Topliss-reactive ketones (excluding diaryl/α,β-unsaturated/α-hetero) is 1. The van der Waals surface area contributed by atoms with Crippen molar-refractivity contribution in [2.75, 3.05) is 11.9 Å². The second kappa shape index (κ2) is 4.59. The van der Waals surface area contributed by atoms with E-state index in [2.05, 4.69) is 5.16 Å². The number of aromatic nitrogens is 1. The quantitative estimate of drug-likeness (QED) is 0.786. The number of carbonyl (C=O) groups is 2. The molecule has 0 bridgehead atoms. The van der Waals surface area contributed by atoms with E-state index in [1.807, 2.05) is 18.2 Å². The minimum atomic E-state index is -0.0775. The lowest BCUT2D eigenvalue weighted by Crippen LogP contribution is -2.30. The number of nitrogens with zero attached hydrogens (tertiary/aromatic N) is 2. The molecule has 1 amide bonds. The van der Waals surface area contributed by atoms with E-state index in [-0.39, 0.29) is 11.7 Å². The van der Waals surface area contributed by atoms with E-state index < -0.39 is 0 Å². The number of hydrogen-bond donors (Lipinski definition) is 0. The predicted octanol–water partition coefficient (Wildman–Crippen LogP) is 2.45. The van der Waals surface area contributed by atoms with Gasteiger partial charge in [-0.3, -0.25) is 9.59 Å². The standard InChI is InChI=1S/C15H14N2O3/c1-9(18)12-8-16-20-15(12)11-3-5-13-10(7-11)4-6-14(19)17(13)2/h3,5,7-8H,4,6H2,1-2H3. The molecule has 0 fully saturated rings. The number of benzene rings is 1. The van der Waals surface area contributed by atoms with Crippen LogP contribution < -0.4 is 4.90 Å². The van der Waals surface area contributed by atoms with Crippen molar-refractivity contribution in [1.82, 2.24) is 5.16 Å². The predicted molar refractivity (Wildman–Crippen MR) is 73.7 cm³/mol. The van der Waals surface area contributed by atoms with Gasteiger partial charge >= 0.3 is 0 Å². The molecule has 1 aromatic carbocycles. The number of aryl methyl sites for hydroxylation is 1. The molecule has 0 saturated heterocycles. The monoisotopic (exact) mass is 270 g/mol. The second-order valence-electron chi connectivity index (χ2n) is 4.92. The molecular formula is C15H14N2O3. The normalized spacial score (nSPS) is 14.3. The first-order valence-electron chi connectivity index (χ1n) is 6.43. The maximum Gasteiger partial charge on any atom is 0.227 e. The molecule has 0 saturated carbocycles. The third kappa shape index (κ3) is 1.91. The summed E-state index contributed by atoms with van der Waals surface area (Å²) in [6.45, 7) is 1.49. The van der Waals surface area contributed by atoms with Gasteiger partial charge in [-0.2, -0.15) is 0 Å². The zero-order valence-electron chi connectivity index (χ0n) is 11.3. The Morgan fingerprint density at radius 3 is 2.90 bits per heavy atom. The van der Waals surface area contributed by atoms with E-state index in [4.69, 9.17) is 4.52 Å². The summed E-state index contributed by atoms with van der Waals surface area (Å²) in [4.78, 5) is 24.9. The molecule has 0 spiro atoms. The van der Waals surface area contributed by atoms with Crippen LogP contribution in [0.15, 0.2) is 28.9 Å². The van der Waals surface area contributed by atoms with Crippen molar-refractivity contribution in [3.63, 3.8) is 0 Å². The van der Waals surface area contributed by atoms with Crippen LogP contribution in [-0.2, 0) is 11.2 Å². The Morgan fingerprint density at radius 2 is 2.15 bits per heavy atom. The van der Waals surface area contributed by atoms with E-state index in [9.17, 15) is 9.59 Å². The lowest BCUT2D eigenvalue weighted by Gasteiger charge is -2.25. The topological polar surface area (TPSA) is 63.4 Å². The van der Waals surface area contributed by atoms with Crippen molar-refractivity contribution in [3.05, 3.63) is 35.5 Å². The molecule has 0 N–H and O–H groups in total. The van der Waals surface area contributed by atoms with Crippen LogP contribution in [0.5, 0.6) is 0 Å². The fourth-order valence-corrected chi connectivity index (χ4v) is 2.50. The summed E-state index contributed by atoms with van der Waals surface area (Å²) in [6.07, 6.45) is 2.64. The van der Waals surface area contributed by atoms with Gasteiger partial charge in [-0.15, -0.1) is 0 Å². The van der Waals surface area contributed by atoms with Gasteiger partial charge in [0.1, 0.15) is 0 Å². The zero-order chi connectivity index (χ0) is 14.3. The third-order valence-electron chi connectivity index (χ3n) is 3.64. The van der Waals surface area contributed by atoms with Crippen LogP contribution in [0.1, 0.15) is 29.3 Å². The number of anilines is 1. The maximum atomic E-state index is 11.7. The second-order valence-corrected chi connectivity index (χ2v) is 4.92. The first kappa shape index (κ1) is 12.6. The van der Waals surface area contributed by atoms with Crippen LogP contribution in [0.2, 0.25) is 0 Å². The van der Waals surface area contributed by atoms with E-state index in [0.717, 1.165) is 16.8 Å². The first-order valence-corrected chi connectivity index (χ1v) is 6.43. The Bertz CT molecular complexity index is 703. The first-order chi connectivity index (χ1) is 9.58. The Morgan fingerprint density at radius 1 is 1.35 bits per heavy atom. The summed E-state index contributed by atoms with van der Waals surface area (Å²) in [7, 11) is 1.77. The zero-order valence-corrected chi connectivity index (χ0v) is 11.3. The average Bonchev–Trinajstić information content (AvgIpc) is 2.92. The minimum Gasteiger partial charge on any atom is -0.356 e. The molecule has 5 heteroatoms. The van der Waals surface area contributed by atoms with Crippen molar-refractivity contribution in [3.8, 4) is 11.3 Å². The molecule has 0 unspecified atom stereocenters. The molecule has 5 nitrogen and oxygen atoms in total. The van der Waals surface area contributed by atoms with Crippen molar-refractivity contribution >= 4 is 17.4 Å². The van der Waals surface area contributed by atoms with Gasteiger partial charge in [-0.05, 0) is 37.1 Å². The van der Waals surface area contributed by atoms with E-state index in [1.54, 1.807) is 11.9 Å². The fourth-order valence-electron chi connectivity index (χ4n) is 2.50. The van der Waals surface area contributed by atoms with Gasteiger partial charge < -0.3 is 9.42 Å². The van der Waals surface area contributed by atoms with Crippen molar-refractivity contribution in [2.45, 2.75) is 19.8 Å². The van der Waals surface area contributed by atoms with Crippen LogP contribution in [0.25, 0.3) is 11.3 Å². The van der Waals surface area contributed by atoms with Crippen molar-refractivity contribution in [1.29, 1.82) is 0 Å². The number of ketones is 1. The largest absolute Gasteiger partial charge is 0.356 e. The lowest BCUT2D eigenvalue weighted by molar-refractivity contribution is -0.118. The van der Waals surface area contributed by atoms with E-state index in [0.29, 0.717) is 24.2 Å². The van der Waals surface area contributed by atoms with Crippen molar-refractivity contribution < 1.29 is 14.1 Å². The van der Waals surface area contributed by atoms with Gasteiger partial charge in [0.05, 0.1) is 11.8 Å². The molecule has 0 atom stereocenters. The molecule has 1 aromatic heterocycles. The average molecular weight is 270 g/mol. The van der Waals surface area contributed by atoms with Crippen LogP contribution in [-0.4, -0.2) is 23.9 Å². The minimum absolute atomic E-state index is 0.0775. The fraction of sp³-hybridized carbons (Fsp3) is 0.267. The van der Waals surface area contributed by atoms with E-state index in [1.165, 1.54) is 13.1 Å². The van der Waals surface area contributed by atoms with Gasteiger partial charge in [-0.25, -0.2) is 0 Å². The lowest BCUT2D eigenvalue weighted by atomic mass is 9.97. The Balaban J connectivity index is 2.07. The van der Waals surface area contributed by atoms with E-state index >= 15 is 0 Å². The highest BCUT2D eigenvalue weighted by molar-refractivity contribution is 6.00. The van der Waals surface area contributed by atoms with Crippen LogP contribution in [0, 0.1) is 0 Å². The molecule has 20 heavy (non-hydrogen) atoms. The van der Waals surface area contributed by atoms with Gasteiger partial charge in [0.15, 0.2) is 11.5 Å². The summed E-state index contributed by atoms with van der Waals surface area (Å²) in [5.74, 6) is 0.528. The summed E-state index contributed by atoms with van der Waals surface area (Å²) >= 11 is 0. The summed E-state index contributed by atoms with van der Waals surface area (Å²) < 4.78 is 5.20. The molecule has 0 radical (unpaired) electrons. The van der Waals surface area contributed by atoms with Gasteiger partial charge in [0.25, 0.3) is 0 Å². The molecule has 2 aromatic rings. The van der Waals surface area contributed by atoms with Crippen LogP contribution in [0.4, 0.5) is 5.69 Å². The molecule has 102 valence electrons. The number of rotatable bonds is 2. The molecule has 1 aliphatic heterocycles. The van der Waals surface area contributed by atoms with Gasteiger partial charge in [0.2, 0.25) is 5.91 Å². The maximum absolute atomic E-state index is 11.7. The summed E-state index contributed by atoms with van der Waals surface area (Å²) in [5, 5.41) is 3.70. The highest BCUT2D eigenvalue weighted by atomic mass is 16.5. The highest BCUT2D eigenvalue weighted by Crippen LogP contribution is 2.32. The highest BCUT2D eigenvalue weighted by Gasteiger charge is 2.22. The number of fused-ring (bicyclic) bond motifs is 1. The molecule has 2 heterocycles. The smallest absolute Gasteiger partial charge is 0.227 e. The molecule has 1 aliphatic rings. The molecular weight excluding hydrogens is 256 g/mol. The molecule has 3 rings (SSSR count). The van der Waals surface area contributed by atoms with Crippen LogP contribution in [0.3, 0.4) is 0 Å². The number of carbonyl (C=O) groups excluding carboxylic acids is 2. The summed E-state index contributed by atoms with van der Waals surface area (Å²) in [5.41, 5.74) is 3.28.